The molecule has 25 heavy (non-hydrogen) atoms. The van der Waals surface area contributed by atoms with Gasteiger partial charge in [-0.05, 0) is 38.3 Å². The van der Waals surface area contributed by atoms with E-state index in [2.05, 4.69) is 27.2 Å². The number of benzene rings is 1. The van der Waals surface area contributed by atoms with Crippen LogP contribution in [0, 0.1) is 0 Å². The third kappa shape index (κ3) is 6.10. The predicted octanol–water partition coefficient (Wildman–Crippen LogP) is 1.88. The Morgan fingerprint density at radius 1 is 1.24 bits per heavy atom. The number of carbonyl (C=O) groups excluding carboxylic acids is 1. The van der Waals surface area contributed by atoms with Gasteiger partial charge in [-0.1, -0.05) is 30.3 Å². The Morgan fingerprint density at radius 3 is 2.68 bits per heavy atom. The average molecular weight is 345 g/mol. The number of ether oxygens (including phenoxy) is 1. The van der Waals surface area contributed by atoms with Gasteiger partial charge < -0.3 is 15.0 Å². The topological polar surface area (TPSA) is 44.8 Å². The first-order chi connectivity index (χ1) is 12.2. The lowest BCUT2D eigenvalue weighted by atomic mass is 10.0. The monoisotopic (exact) mass is 345 g/mol. The fourth-order valence-electron chi connectivity index (χ4n) is 3.81. The highest BCUT2D eigenvalue weighted by Gasteiger charge is 2.24. The smallest absolute Gasteiger partial charge is 0.234 e. The highest BCUT2D eigenvalue weighted by Crippen LogP contribution is 2.17. The highest BCUT2D eigenvalue weighted by molar-refractivity contribution is 5.78. The third-order valence-corrected chi connectivity index (χ3v) is 5.15. The van der Waals surface area contributed by atoms with Crippen LogP contribution in [0.2, 0.25) is 0 Å². The van der Waals surface area contributed by atoms with E-state index >= 15 is 0 Å². The molecule has 2 heterocycles. The summed E-state index contributed by atoms with van der Waals surface area (Å²) in [6.45, 7) is 5.35. The number of likely N-dealkylation sites (tertiary alicyclic amines) is 1. The largest absolute Gasteiger partial charge is 0.377 e. The second-order valence-electron chi connectivity index (χ2n) is 7.44. The number of rotatable bonds is 7. The van der Waals surface area contributed by atoms with Gasteiger partial charge in [0.05, 0.1) is 12.6 Å². The Morgan fingerprint density at radius 2 is 2.00 bits per heavy atom. The Balaban J connectivity index is 1.33. The molecule has 2 aliphatic heterocycles. The van der Waals surface area contributed by atoms with Crippen LogP contribution in [0.25, 0.3) is 0 Å². The number of hydrogen-bond donors (Lipinski definition) is 1. The van der Waals surface area contributed by atoms with Crippen LogP contribution < -0.4 is 5.32 Å². The van der Waals surface area contributed by atoms with Gasteiger partial charge in [0.25, 0.3) is 0 Å². The van der Waals surface area contributed by atoms with Crippen LogP contribution in [0.1, 0.15) is 31.2 Å². The SMILES string of the molecule is CN(CC(=O)NC1CCN(C[C@@H]2CCCO2)CC1)Cc1ccccc1. The molecule has 0 spiro atoms. The van der Waals surface area contributed by atoms with Gasteiger partial charge >= 0.3 is 0 Å². The first-order valence-electron chi connectivity index (χ1n) is 9.55. The summed E-state index contributed by atoms with van der Waals surface area (Å²) in [6, 6.07) is 10.6. The number of hydrogen-bond acceptors (Lipinski definition) is 4. The molecule has 0 saturated carbocycles. The van der Waals surface area contributed by atoms with Crippen molar-refractivity contribution < 1.29 is 9.53 Å². The second-order valence-corrected chi connectivity index (χ2v) is 7.44. The maximum Gasteiger partial charge on any atom is 0.234 e. The van der Waals surface area contributed by atoms with Crippen LogP contribution >= 0.6 is 0 Å². The number of likely N-dealkylation sites (N-methyl/N-ethyl adjacent to an activating group) is 1. The Hall–Kier alpha value is -1.43. The minimum Gasteiger partial charge on any atom is -0.377 e. The molecular weight excluding hydrogens is 314 g/mol. The van der Waals surface area contributed by atoms with E-state index in [0.717, 1.165) is 45.6 Å². The molecule has 2 aliphatic rings. The van der Waals surface area contributed by atoms with Crippen molar-refractivity contribution in [2.24, 2.45) is 0 Å². The molecular formula is C20H31N3O2. The zero-order valence-electron chi connectivity index (χ0n) is 15.3. The van der Waals surface area contributed by atoms with Gasteiger partial charge in [0.2, 0.25) is 5.91 Å². The minimum atomic E-state index is 0.135. The standard InChI is InChI=1S/C20H31N3O2/c1-22(14-17-6-3-2-4-7-17)16-20(24)21-18-9-11-23(12-10-18)15-19-8-5-13-25-19/h2-4,6-7,18-19H,5,8-16H2,1H3,(H,21,24)/t19-/m0/s1. The van der Waals surface area contributed by atoms with Crippen LogP contribution in [0.4, 0.5) is 0 Å². The quantitative estimate of drug-likeness (QED) is 0.820. The molecule has 0 bridgehead atoms. The zero-order valence-corrected chi connectivity index (χ0v) is 15.3. The molecule has 0 radical (unpaired) electrons. The number of amides is 1. The van der Waals surface area contributed by atoms with Gasteiger partial charge in [0.15, 0.2) is 0 Å². The molecule has 1 aromatic rings. The number of piperidine rings is 1. The van der Waals surface area contributed by atoms with Gasteiger partial charge in [0.1, 0.15) is 0 Å². The maximum atomic E-state index is 12.3. The predicted molar refractivity (Wildman–Crippen MR) is 99.4 cm³/mol. The molecule has 1 N–H and O–H groups in total. The normalized spacial score (nSPS) is 22.4. The average Bonchev–Trinajstić information content (AvgIpc) is 3.10. The fourth-order valence-corrected chi connectivity index (χ4v) is 3.81. The van der Waals surface area contributed by atoms with Crippen LogP contribution in [0.3, 0.4) is 0 Å². The number of nitrogens with one attached hydrogen (secondary N) is 1. The van der Waals surface area contributed by atoms with Crippen LogP contribution in [0.15, 0.2) is 30.3 Å². The molecule has 0 unspecified atom stereocenters. The zero-order chi connectivity index (χ0) is 17.5. The summed E-state index contributed by atoms with van der Waals surface area (Å²) >= 11 is 0. The fraction of sp³-hybridized carbons (Fsp3) is 0.650. The van der Waals surface area contributed by atoms with Crippen molar-refractivity contribution in [1.82, 2.24) is 15.1 Å². The van der Waals surface area contributed by atoms with Gasteiger partial charge in [-0.15, -0.1) is 0 Å². The lowest BCUT2D eigenvalue weighted by Crippen LogP contribution is -2.48. The van der Waals surface area contributed by atoms with Gasteiger partial charge in [-0.3, -0.25) is 9.69 Å². The van der Waals surface area contributed by atoms with Crippen LogP contribution in [-0.2, 0) is 16.1 Å². The number of nitrogens with zero attached hydrogens (tertiary/aromatic N) is 2. The van der Waals surface area contributed by atoms with Crippen molar-refractivity contribution in [3.63, 3.8) is 0 Å². The summed E-state index contributed by atoms with van der Waals surface area (Å²) in [6.07, 6.45) is 4.91. The lowest BCUT2D eigenvalue weighted by Gasteiger charge is -2.33. The van der Waals surface area contributed by atoms with E-state index < -0.39 is 0 Å². The molecule has 5 nitrogen and oxygen atoms in total. The molecule has 0 aliphatic carbocycles. The van der Waals surface area contributed by atoms with E-state index in [1.807, 2.05) is 25.2 Å². The summed E-state index contributed by atoms with van der Waals surface area (Å²) in [5, 5.41) is 3.21. The first kappa shape index (κ1) is 18.4. The van der Waals surface area contributed by atoms with Crippen molar-refractivity contribution in [3.05, 3.63) is 35.9 Å². The van der Waals surface area contributed by atoms with E-state index in [0.29, 0.717) is 18.7 Å². The highest BCUT2D eigenvalue weighted by atomic mass is 16.5. The van der Waals surface area contributed by atoms with E-state index in [4.69, 9.17) is 4.74 Å². The Labute approximate surface area is 151 Å². The molecule has 138 valence electrons. The van der Waals surface area contributed by atoms with Gasteiger partial charge in [-0.2, -0.15) is 0 Å². The van der Waals surface area contributed by atoms with E-state index in [1.54, 1.807) is 0 Å². The maximum absolute atomic E-state index is 12.3. The summed E-state index contributed by atoms with van der Waals surface area (Å²) < 4.78 is 5.72. The Kier molecular flexibility index (Phi) is 6.84. The molecule has 5 heteroatoms. The molecule has 1 aromatic carbocycles. The summed E-state index contributed by atoms with van der Waals surface area (Å²) in [4.78, 5) is 16.8. The molecule has 1 atom stereocenters. The lowest BCUT2D eigenvalue weighted by molar-refractivity contribution is -0.123. The van der Waals surface area contributed by atoms with Crippen LogP contribution in [-0.4, -0.2) is 67.7 Å². The molecule has 3 rings (SSSR count). The van der Waals surface area contributed by atoms with E-state index in [1.165, 1.54) is 18.4 Å². The first-order valence-corrected chi connectivity index (χ1v) is 9.55. The van der Waals surface area contributed by atoms with Crippen molar-refractivity contribution in [1.29, 1.82) is 0 Å². The Bertz CT molecular complexity index is 523. The molecule has 2 saturated heterocycles. The molecule has 2 fully saturated rings. The third-order valence-electron chi connectivity index (χ3n) is 5.15. The second kappa shape index (κ2) is 9.32. The summed E-state index contributed by atoms with van der Waals surface area (Å²) in [5.41, 5.74) is 1.24. The minimum absolute atomic E-state index is 0.135. The van der Waals surface area contributed by atoms with E-state index in [-0.39, 0.29) is 5.91 Å². The van der Waals surface area contributed by atoms with Crippen molar-refractivity contribution in [2.45, 2.75) is 44.4 Å². The van der Waals surface area contributed by atoms with Crippen molar-refractivity contribution in [3.8, 4) is 0 Å². The van der Waals surface area contributed by atoms with Gasteiger partial charge in [0, 0.05) is 38.8 Å². The van der Waals surface area contributed by atoms with Gasteiger partial charge in [-0.25, -0.2) is 0 Å². The summed E-state index contributed by atoms with van der Waals surface area (Å²) in [7, 11) is 2.00. The van der Waals surface area contributed by atoms with Crippen molar-refractivity contribution >= 4 is 5.91 Å². The van der Waals surface area contributed by atoms with E-state index in [9.17, 15) is 4.79 Å². The number of carbonyl (C=O) groups is 1. The van der Waals surface area contributed by atoms with Crippen molar-refractivity contribution in [2.75, 3.05) is 39.8 Å². The molecule has 1 amide bonds. The van der Waals surface area contributed by atoms with Crippen LogP contribution in [0.5, 0.6) is 0 Å². The molecule has 0 aromatic heterocycles. The summed E-state index contributed by atoms with van der Waals surface area (Å²) in [5.74, 6) is 0.135.